The summed E-state index contributed by atoms with van der Waals surface area (Å²) in [6.07, 6.45) is -19.7. The summed E-state index contributed by atoms with van der Waals surface area (Å²) in [6, 6.07) is -3.04. The summed E-state index contributed by atoms with van der Waals surface area (Å²) >= 11 is 0. The number of rotatable bonds is 8. The van der Waals surface area contributed by atoms with Gasteiger partial charge in [-0.2, -0.15) is 0 Å². The van der Waals surface area contributed by atoms with E-state index in [4.69, 9.17) is 39.7 Å². The van der Waals surface area contributed by atoms with Gasteiger partial charge in [-0.05, 0) is 13.5 Å². The van der Waals surface area contributed by atoms with Crippen LogP contribution in [0, 0.1) is 0 Å². The molecule has 3 heterocycles. The van der Waals surface area contributed by atoms with Gasteiger partial charge in [0.05, 0.1) is 25.4 Å². The van der Waals surface area contributed by atoms with Gasteiger partial charge in [0.1, 0.15) is 54.9 Å². The fraction of sp³-hybridized carbons (Fsp3) is 1.00. The predicted molar refractivity (Wildman–Crippen MR) is 125 cm³/mol. The van der Waals surface area contributed by atoms with Crippen LogP contribution >= 0.6 is 7.82 Å². The largest absolute Gasteiger partial charge is 0.469 e. The topological polar surface area (TPSA) is 319 Å². The summed E-state index contributed by atoms with van der Waals surface area (Å²) in [5.41, 5.74) is 11.8. The quantitative estimate of drug-likeness (QED) is 0.114. The maximum atomic E-state index is 11.7. The molecule has 14 N–H and O–H groups in total. The molecule has 0 aromatic rings. The first-order valence-electron chi connectivity index (χ1n) is 12.6. The maximum Gasteiger partial charge on any atom is 0.469 e. The SMILES string of the molecule is CN[C@H]1C[C@@H](N)[C@H](O)[C@@H](O[C@@H]2O[C@H](CO)[C@H](O)[C@@H]3OC4(O[C@H]23)O[C@H]([C@@H](N)CO)[C@H](O)[C@H](O)[C@H]4O)[C@@H]1OP(=O)(O)O. The molecule has 16 atom stereocenters. The lowest BCUT2D eigenvalue weighted by Gasteiger charge is -2.47. The third-order valence-electron chi connectivity index (χ3n) is 7.65. The molecule has 19 nitrogen and oxygen atoms in total. The van der Waals surface area contributed by atoms with Crippen molar-refractivity contribution in [1.29, 1.82) is 0 Å². The Hall–Kier alpha value is -0.490. The molecule has 40 heavy (non-hydrogen) atoms. The number of likely N-dealkylation sites (N-methyl/N-ethyl adjacent to an activating group) is 1. The second kappa shape index (κ2) is 12.2. The highest BCUT2D eigenvalue weighted by Gasteiger charge is 2.67. The van der Waals surface area contributed by atoms with Crippen molar-refractivity contribution in [1.82, 2.24) is 5.32 Å². The lowest BCUT2D eigenvalue weighted by Crippen LogP contribution is -2.69. The van der Waals surface area contributed by atoms with Crippen molar-refractivity contribution in [2.75, 3.05) is 20.3 Å². The number of ether oxygens (including phenoxy) is 5. The van der Waals surface area contributed by atoms with Crippen molar-refractivity contribution in [2.45, 2.75) is 104 Å². The maximum absolute atomic E-state index is 11.7. The van der Waals surface area contributed by atoms with E-state index in [2.05, 4.69) is 5.32 Å². The Kier molecular flexibility index (Phi) is 9.93. The first kappa shape index (κ1) is 32.4. The summed E-state index contributed by atoms with van der Waals surface area (Å²) in [4.78, 5) is 19.0. The van der Waals surface area contributed by atoms with Crippen LogP contribution in [0.4, 0.5) is 0 Å². The molecule has 0 amide bonds. The van der Waals surface area contributed by atoms with E-state index in [0.29, 0.717) is 0 Å². The molecule has 1 spiro atoms. The summed E-state index contributed by atoms with van der Waals surface area (Å²) in [5.74, 6) is -2.58. The van der Waals surface area contributed by atoms with E-state index in [0.717, 1.165) is 0 Å². The Balaban J connectivity index is 1.66. The van der Waals surface area contributed by atoms with Crippen molar-refractivity contribution in [2.24, 2.45) is 11.5 Å². The van der Waals surface area contributed by atoms with Crippen LogP contribution in [-0.2, 0) is 32.8 Å². The standard InChI is InChI=1S/C20H38N3O16P/c1-23-7-2-5(21)9(26)15(14(7)39-40(31,32)33)35-19-17-16(10(27)8(4-25)34-19)37-20(38-17)18(30)12(29)11(28)13(36-20)6(22)3-24/h5-19,23-30H,2-4,21-22H2,1H3,(H2,31,32,33)/t5-,6+,7+,8-,9+,10+,11-,12+,13-,14-,15-,16+,17+,18-,19+,20?/m1/s1. The molecular weight excluding hydrogens is 569 g/mol. The summed E-state index contributed by atoms with van der Waals surface area (Å²) in [6.45, 7) is -1.48. The number of hydrogen-bond donors (Lipinski definition) is 12. The number of nitrogens with two attached hydrogens (primary N) is 2. The second-order valence-electron chi connectivity index (χ2n) is 10.3. The first-order valence-corrected chi connectivity index (χ1v) is 14.1. The number of phosphoric acid groups is 1. The van der Waals surface area contributed by atoms with E-state index in [1.807, 2.05) is 0 Å². The van der Waals surface area contributed by atoms with Gasteiger partial charge in [-0.15, -0.1) is 0 Å². The minimum Gasteiger partial charge on any atom is -0.395 e. The van der Waals surface area contributed by atoms with Crippen molar-refractivity contribution in [3.05, 3.63) is 0 Å². The van der Waals surface area contributed by atoms with E-state index in [-0.39, 0.29) is 6.42 Å². The molecule has 3 aliphatic heterocycles. The Bertz CT molecular complexity index is 919. The Morgan fingerprint density at radius 1 is 1.00 bits per heavy atom. The normalized spacial score (nSPS) is 50.6. The number of phosphoric ester groups is 1. The van der Waals surface area contributed by atoms with Crippen LogP contribution in [0.3, 0.4) is 0 Å². The molecule has 0 radical (unpaired) electrons. The number of aliphatic hydroxyl groups is 7. The molecule has 20 heteroatoms. The zero-order valence-electron chi connectivity index (χ0n) is 21.3. The van der Waals surface area contributed by atoms with Crippen LogP contribution in [0.15, 0.2) is 0 Å². The van der Waals surface area contributed by atoms with Gasteiger partial charge < -0.3 is 86.0 Å². The van der Waals surface area contributed by atoms with E-state index in [1.54, 1.807) is 0 Å². The van der Waals surface area contributed by atoms with Crippen LogP contribution in [-0.4, -0.2) is 163 Å². The molecule has 0 bridgehead atoms. The second-order valence-corrected chi connectivity index (χ2v) is 11.5. The van der Waals surface area contributed by atoms with Crippen LogP contribution < -0.4 is 16.8 Å². The highest BCUT2D eigenvalue weighted by Crippen LogP contribution is 2.46. The summed E-state index contributed by atoms with van der Waals surface area (Å²) in [7, 11) is -3.65. The zero-order valence-corrected chi connectivity index (χ0v) is 22.2. The van der Waals surface area contributed by atoms with Crippen LogP contribution in [0.25, 0.3) is 0 Å². The molecule has 1 aliphatic carbocycles. The highest BCUT2D eigenvalue weighted by atomic mass is 31.2. The number of fused-ring (bicyclic) bond motifs is 1. The predicted octanol–water partition coefficient (Wildman–Crippen LogP) is -7.15. The van der Waals surface area contributed by atoms with Crippen molar-refractivity contribution < 1.29 is 78.3 Å². The van der Waals surface area contributed by atoms with Gasteiger partial charge in [0.2, 0.25) is 0 Å². The van der Waals surface area contributed by atoms with Crippen molar-refractivity contribution >= 4 is 7.82 Å². The molecule has 1 saturated carbocycles. The number of aliphatic hydroxyl groups excluding tert-OH is 7. The summed E-state index contributed by atoms with van der Waals surface area (Å²) in [5, 5.41) is 75.3. The van der Waals surface area contributed by atoms with Gasteiger partial charge in [0.25, 0.3) is 0 Å². The number of hydrogen-bond acceptors (Lipinski definition) is 17. The molecular formula is C20H38N3O16P. The van der Waals surface area contributed by atoms with Gasteiger partial charge in [0, 0.05) is 12.1 Å². The van der Waals surface area contributed by atoms with E-state index < -0.39 is 119 Å². The molecule has 4 rings (SSSR count). The minimum atomic E-state index is -5.12. The lowest BCUT2D eigenvalue weighted by atomic mass is 9.84. The Morgan fingerprint density at radius 3 is 2.23 bits per heavy atom. The zero-order chi connectivity index (χ0) is 29.7. The third-order valence-corrected chi connectivity index (χ3v) is 8.17. The Labute approximate surface area is 227 Å². The minimum absolute atomic E-state index is 0.0349. The van der Waals surface area contributed by atoms with E-state index in [1.165, 1.54) is 7.05 Å². The fourth-order valence-electron chi connectivity index (χ4n) is 5.50. The van der Waals surface area contributed by atoms with Gasteiger partial charge in [-0.3, -0.25) is 4.52 Å². The molecule has 0 aromatic carbocycles. The average Bonchev–Trinajstić information content (AvgIpc) is 3.30. The van der Waals surface area contributed by atoms with Gasteiger partial charge in [-0.1, -0.05) is 0 Å². The molecule has 234 valence electrons. The molecule has 4 aliphatic rings. The Morgan fingerprint density at radius 2 is 1.65 bits per heavy atom. The first-order chi connectivity index (χ1) is 18.7. The molecule has 0 aromatic heterocycles. The number of nitrogens with one attached hydrogen (secondary N) is 1. The smallest absolute Gasteiger partial charge is 0.395 e. The third kappa shape index (κ3) is 5.97. The van der Waals surface area contributed by atoms with Gasteiger partial charge in [0.15, 0.2) is 12.4 Å². The van der Waals surface area contributed by atoms with E-state index >= 15 is 0 Å². The lowest BCUT2D eigenvalue weighted by molar-refractivity contribution is -0.439. The van der Waals surface area contributed by atoms with Crippen LogP contribution in [0.2, 0.25) is 0 Å². The molecule has 4 fully saturated rings. The highest BCUT2D eigenvalue weighted by molar-refractivity contribution is 7.46. The summed E-state index contributed by atoms with van der Waals surface area (Å²) < 4.78 is 45.4. The van der Waals surface area contributed by atoms with Crippen molar-refractivity contribution in [3.8, 4) is 0 Å². The van der Waals surface area contributed by atoms with Crippen LogP contribution in [0.5, 0.6) is 0 Å². The van der Waals surface area contributed by atoms with Gasteiger partial charge >= 0.3 is 13.8 Å². The molecule has 3 saturated heterocycles. The van der Waals surface area contributed by atoms with E-state index in [9.17, 15) is 50.1 Å². The van der Waals surface area contributed by atoms with Gasteiger partial charge in [-0.25, -0.2) is 4.57 Å². The van der Waals surface area contributed by atoms with Crippen molar-refractivity contribution in [3.63, 3.8) is 0 Å². The average molecular weight is 608 g/mol. The monoisotopic (exact) mass is 607 g/mol. The fourth-order valence-corrected chi connectivity index (χ4v) is 6.08. The van der Waals surface area contributed by atoms with Crippen LogP contribution in [0.1, 0.15) is 6.42 Å². The molecule has 1 unspecified atom stereocenters.